The fraction of sp³-hybridized carbons (Fsp3) is 0.545. The molecule has 1 atom stereocenters. The van der Waals surface area contributed by atoms with E-state index in [2.05, 4.69) is 10.5 Å². The Bertz CT molecular complexity index is 430. The molecule has 7 nitrogen and oxygen atoms in total. The number of nitrogens with one attached hydrogen (secondary N) is 1. The summed E-state index contributed by atoms with van der Waals surface area (Å²) < 4.78 is 4.89. The largest absolute Gasteiger partial charge is 0.476 e. The number of rotatable bonds is 6. The molecule has 1 aromatic rings. The van der Waals surface area contributed by atoms with Crippen LogP contribution in [-0.4, -0.2) is 47.7 Å². The molecule has 0 aliphatic rings. The van der Waals surface area contributed by atoms with E-state index in [-0.39, 0.29) is 17.5 Å². The maximum absolute atomic E-state index is 11.3. The maximum Gasteiger partial charge on any atom is 0.358 e. The van der Waals surface area contributed by atoms with E-state index in [1.165, 1.54) is 6.07 Å². The highest BCUT2D eigenvalue weighted by Gasteiger charge is 2.16. The van der Waals surface area contributed by atoms with Gasteiger partial charge in [0.05, 0.1) is 6.54 Å². The molecule has 18 heavy (non-hydrogen) atoms. The van der Waals surface area contributed by atoms with Crippen molar-refractivity contribution in [3.8, 4) is 0 Å². The quantitative estimate of drug-likeness (QED) is 0.753. The van der Waals surface area contributed by atoms with Crippen LogP contribution in [0.5, 0.6) is 0 Å². The van der Waals surface area contributed by atoms with Crippen molar-refractivity contribution in [2.24, 2.45) is 5.92 Å². The number of carboxylic acids is 1. The van der Waals surface area contributed by atoms with E-state index in [1.54, 1.807) is 7.05 Å². The summed E-state index contributed by atoms with van der Waals surface area (Å²) in [5.41, 5.74) is -0.113. The summed E-state index contributed by atoms with van der Waals surface area (Å²) in [5, 5.41) is 14.7. The number of nitrogens with zero attached hydrogens (tertiary/aromatic N) is 2. The molecule has 1 aromatic heterocycles. The molecule has 0 spiro atoms. The van der Waals surface area contributed by atoms with E-state index in [0.717, 1.165) is 0 Å². The monoisotopic (exact) mass is 255 g/mol. The number of hydrogen-bond donors (Lipinski definition) is 2. The Morgan fingerprint density at radius 2 is 2.28 bits per heavy atom. The fourth-order valence-corrected chi connectivity index (χ4v) is 1.62. The highest BCUT2D eigenvalue weighted by atomic mass is 16.5. The molecule has 100 valence electrons. The standard InChI is InChI=1S/C11H17N3O4/c1-7(10(15)12-2)5-14(3)6-8-4-9(11(16)17)13-18-8/h4,7H,5-6H2,1-3H3,(H,12,15)(H,16,17). The Labute approximate surface area is 105 Å². The van der Waals surface area contributed by atoms with Gasteiger partial charge >= 0.3 is 5.97 Å². The lowest BCUT2D eigenvalue weighted by molar-refractivity contribution is -0.124. The highest BCUT2D eigenvalue weighted by Crippen LogP contribution is 2.08. The summed E-state index contributed by atoms with van der Waals surface area (Å²) in [5.74, 6) is -0.849. The minimum absolute atomic E-state index is 0.0364. The average Bonchev–Trinajstić information content (AvgIpc) is 2.76. The molecule has 1 unspecified atom stereocenters. The van der Waals surface area contributed by atoms with Crippen molar-refractivity contribution < 1.29 is 19.2 Å². The first-order chi connectivity index (χ1) is 8.43. The lowest BCUT2D eigenvalue weighted by Gasteiger charge is -2.18. The third-order valence-electron chi connectivity index (χ3n) is 2.48. The zero-order valence-electron chi connectivity index (χ0n) is 10.6. The van der Waals surface area contributed by atoms with Gasteiger partial charge in [-0.3, -0.25) is 9.69 Å². The third kappa shape index (κ3) is 3.85. The average molecular weight is 255 g/mol. The number of amides is 1. The smallest absolute Gasteiger partial charge is 0.358 e. The summed E-state index contributed by atoms with van der Waals surface area (Å²) in [4.78, 5) is 23.8. The van der Waals surface area contributed by atoms with Gasteiger partial charge in [-0.05, 0) is 7.05 Å². The van der Waals surface area contributed by atoms with Crippen LogP contribution in [0.15, 0.2) is 10.6 Å². The number of carbonyl (C=O) groups excluding carboxylic acids is 1. The van der Waals surface area contributed by atoms with Crippen molar-refractivity contribution in [2.75, 3.05) is 20.6 Å². The van der Waals surface area contributed by atoms with Crippen LogP contribution in [0, 0.1) is 5.92 Å². The Kier molecular flexibility index (Phi) is 4.85. The molecule has 0 saturated heterocycles. The molecule has 0 aliphatic heterocycles. The Morgan fingerprint density at radius 3 is 2.78 bits per heavy atom. The first-order valence-electron chi connectivity index (χ1n) is 5.53. The van der Waals surface area contributed by atoms with Gasteiger partial charge in [0, 0.05) is 25.6 Å². The van der Waals surface area contributed by atoms with Crippen molar-refractivity contribution in [3.63, 3.8) is 0 Å². The Balaban J connectivity index is 2.51. The van der Waals surface area contributed by atoms with Crippen molar-refractivity contribution in [3.05, 3.63) is 17.5 Å². The van der Waals surface area contributed by atoms with Gasteiger partial charge in [-0.1, -0.05) is 12.1 Å². The number of aromatic carboxylic acids is 1. The van der Waals surface area contributed by atoms with Gasteiger partial charge in [-0.2, -0.15) is 0 Å². The molecule has 1 amide bonds. The van der Waals surface area contributed by atoms with Crippen LogP contribution in [0.25, 0.3) is 0 Å². The lowest BCUT2D eigenvalue weighted by atomic mass is 10.1. The second kappa shape index (κ2) is 6.15. The van der Waals surface area contributed by atoms with Crippen LogP contribution in [-0.2, 0) is 11.3 Å². The molecule has 1 rings (SSSR count). The van der Waals surface area contributed by atoms with Crippen LogP contribution in [0.2, 0.25) is 0 Å². The second-order valence-electron chi connectivity index (χ2n) is 4.20. The van der Waals surface area contributed by atoms with Crippen LogP contribution >= 0.6 is 0 Å². The van der Waals surface area contributed by atoms with E-state index >= 15 is 0 Å². The van der Waals surface area contributed by atoms with Crippen molar-refractivity contribution >= 4 is 11.9 Å². The van der Waals surface area contributed by atoms with Gasteiger partial charge in [-0.25, -0.2) is 4.79 Å². The molecule has 0 bridgehead atoms. The lowest BCUT2D eigenvalue weighted by Crippen LogP contribution is -2.34. The molecule has 0 radical (unpaired) electrons. The molecular weight excluding hydrogens is 238 g/mol. The van der Waals surface area contributed by atoms with Gasteiger partial charge in [0.25, 0.3) is 0 Å². The number of hydrogen-bond acceptors (Lipinski definition) is 5. The Hall–Kier alpha value is -1.89. The molecule has 1 heterocycles. The molecule has 2 N–H and O–H groups in total. The van der Waals surface area contributed by atoms with E-state index in [0.29, 0.717) is 18.8 Å². The zero-order chi connectivity index (χ0) is 13.7. The number of carboxylic acid groups (broad SMARTS) is 1. The van der Waals surface area contributed by atoms with E-state index in [4.69, 9.17) is 9.63 Å². The van der Waals surface area contributed by atoms with E-state index in [1.807, 2.05) is 18.9 Å². The number of carbonyl (C=O) groups is 2. The number of aromatic nitrogens is 1. The van der Waals surface area contributed by atoms with Crippen LogP contribution in [0.1, 0.15) is 23.2 Å². The summed E-state index contributed by atoms with van der Waals surface area (Å²) in [6.45, 7) is 2.77. The van der Waals surface area contributed by atoms with Gasteiger partial charge in [0.1, 0.15) is 0 Å². The normalized spacial score (nSPS) is 12.4. The maximum atomic E-state index is 11.3. The molecule has 0 aromatic carbocycles. The van der Waals surface area contributed by atoms with Crippen molar-refractivity contribution in [1.82, 2.24) is 15.4 Å². The molecule has 7 heteroatoms. The van der Waals surface area contributed by atoms with Crippen LogP contribution in [0.4, 0.5) is 0 Å². The first kappa shape index (κ1) is 14.2. The second-order valence-corrected chi connectivity index (χ2v) is 4.20. The van der Waals surface area contributed by atoms with Gasteiger partial charge in [0.2, 0.25) is 5.91 Å². The summed E-state index contributed by atoms with van der Waals surface area (Å²) in [6, 6.07) is 1.38. The van der Waals surface area contributed by atoms with Gasteiger partial charge in [0.15, 0.2) is 11.5 Å². The van der Waals surface area contributed by atoms with Gasteiger partial charge < -0.3 is 14.9 Å². The predicted molar refractivity (Wildman–Crippen MR) is 63.0 cm³/mol. The van der Waals surface area contributed by atoms with Gasteiger partial charge in [-0.15, -0.1) is 0 Å². The highest BCUT2D eigenvalue weighted by molar-refractivity contribution is 5.85. The summed E-state index contributed by atoms with van der Waals surface area (Å²) in [7, 11) is 3.41. The molecule has 0 fully saturated rings. The molecular formula is C11H17N3O4. The molecule has 0 saturated carbocycles. The predicted octanol–water partition coefficient (Wildman–Crippen LogP) is 0.187. The van der Waals surface area contributed by atoms with E-state index in [9.17, 15) is 9.59 Å². The minimum Gasteiger partial charge on any atom is -0.476 e. The van der Waals surface area contributed by atoms with Crippen molar-refractivity contribution in [1.29, 1.82) is 0 Å². The zero-order valence-corrected chi connectivity index (χ0v) is 10.6. The summed E-state index contributed by atoms with van der Waals surface area (Å²) >= 11 is 0. The Morgan fingerprint density at radius 1 is 1.61 bits per heavy atom. The third-order valence-corrected chi connectivity index (χ3v) is 2.48. The topological polar surface area (TPSA) is 95.7 Å². The first-order valence-corrected chi connectivity index (χ1v) is 5.53. The summed E-state index contributed by atoms with van der Waals surface area (Å²) in [6.07, 6.45) is 0. The van der Waals surface area contributed by atoms with Crippen LogP contribution in [0.3, 0.4) is 0 Å². The SMILES string of the molecule is CNC(=O)C(C)CN(C)Cc1cc(C(=O)O)no1. The fourth-order valence-electron chi connectivity index (χ4n) is 1.62. The van der Waals surface area contributed by atoms with Crippen molar-refractivity contribution in [2.45, 2.75) is 13.5 Å². The molecule has 0 aliphatic carbocycles. The minimum atomic E-state index is -1.12. The van der Waals surface area contributed by atoms with E-state index < -0.39 is 5.97 Å². The van der Waals surface area contributed by atoms with Crippen LogP contribution < -0.4 is 5.32 Å².